The number of thioether (sulfide) groups is 1. The maximum absolute atomic E-state index is 12.7. The van der Waals surface area contributed by atoms with Crippen molar-refractivity contribution in [3.63, 3.8) is 0 Å². The molecule has 0 saturated carbocycles. The van der Waals surface area contributed by atoms with Gasteiger partial charge in [-0.25, -0.2) is 0 Å². The fraction of sp³-hybridized carbons (Fsp3) is 0.364. The molecule has 2 rings (SSSR count). The zero-order chi connectivity index (χ0) is 20.0. The van der Waals surface area contributed by atoms with Gasteiger partial charge in [0.1, 0.15) is 0 Å². The predicted octanol–water partition coefficient (Wildman–Crippen LogP) is 4.44. The van der Waals surface area contributed by atoms with Crippen molar-refractivity contribution in [1.82, 2.24) is 4.90 Å². The number of anilines is 1. The minimum atomic E-state index is -0.257. The molecule has 0 saturated heterocycles. The summed E-state index contributed by atoms with van der Waals surface area (Å²) in [5.74, 6) is -0.241. The number of benzene rings is 2. The average molecular weight is 385 g/mol. The Balaban J connectivity index is 1.94. The fourth-order valence-corrected chi connectivity index (χ4v) is 3.97. The molecule has 2 amide bonds. The van der Waals surface area contributed by atoms with Gasteiger partial charge in [-0.05, 0) is 50.5 Å². The lowest BCUT2D eigenvalue weighted by atomic mass is 10.1. The van der Waals surface area contributed by atoms with Gasteiger partial charge in [0, 0.05) is 17.6 Å². The van der Waals surface area contributed by atoms with Crippen molar-refractivity contribution in [2.45, 2.75) is 44.3 Å². The highest BCUT2D eigenvalue weighted by Crippen LogP contribution is 2.28. The van der Waals surface area contributed by atoms with Crippen LogP contribution in [0.5, 0.6) is 0 Å². The van der Waals surface area contributed by atoms with Gasteiger partial charge >= 0.3 is 0 Å². The van der Waals surface area contributed by atoms with Crippen molar-refractivity contribution < 1.29 is 9.59 Å². The topological polar surface area (TPSA) is 49.4 Å². The SMILES string of the molecule is CCc1ccccc1NC(=O)CN(C)C(=O)C(C)Sc1ccc(C)cc1C. The number of para-hydroxylation sites is 1. The molecule has 1 unspecified atom stereocenters. The summed E-state index contributed by atoms with van der Waals surface area (Å²) in [7, 11) is 1.67. The third-order valence-corrected chi connectivity index (χ3v) is 5.68. The van der Waals surface area contributed by atoms with Crippen LogP contribution >= 0.6 is 11.8 Å². The lowest BCUT2D eigenvalue weighted by Crippen LogP contribution is -2.39. The van der Waals surface area contributed by atoms with Gasteiger partial charge in [0.15, 0.2) is 0 Å². The Hall–Kier alpha value is -2.27. The van der Waals surface area contributed by atoms with Crippen LogP contribution in [-0.4, -0.2) is 35.6 Å². The zero-order valence-corrected chi connectivity index (χ0v) is 17.5. The molecule has 0 radical (unpaired) electrons. The molecule has 2 aromatic rings. The third-order valence-electron chi connectivity index (χ3n) is 4.41. The number of carbonyl (C=O) groups excluding carboxylic acids is 2. The molecule has 1 atom stereocenters. The number of hydrogen-bond donors (Lipinski definition) is 1. The normalized spacial score (nSPS) is 11.7. The quantitative estimate of drug-likeness (QED) is 0.718. The van der Waals surface area contributed by atoms with Gasteiger partial charge in [0.05, 0.1) is 11.8 Å². The summed E-state index contributed by atoms with van der Waals surface area (Å²) in [4.78, 5) is 27.6. The molecule has 4 nitrogen and oxygen atoms in total. The van der Waals surface area contributed by atoms with Crippen LogP contribution in [0.2, 0.25) is 0 Å². The Bertz CT molecular complexity index is 820. The summed E-state index contributed by atoms with van der Waals surface area (Å²) in [6.07, 6.45) is 0.842. The first-order valence-electron chi connectivity index (χ1n) is 9.18. The number of carbonyl (C=O) groups is 2. The van der Waals surface area contributed by atoms with Crippen molar-refractivity contribution in [3.05, 3.63) is 59.2 Å². The van der Waals surface area contributed by atoms with Crippen LogP contribution in [0.15, 0.2) is 47.4 Å². The molecule has 0 spiro atoms. The Labute approximate surface area is 166 Å². The summed E-state index contributed by atoms with van der Waals surface area (Å²) in [5.41, 5.74) is 4.26. The van der Waals surface area contributed by atoms with Gasteiger partial charge < -0.3 is 10.2 Å². The van der Waals surface area contributed by atoms with Gasteiger partial charge in [0.2, 0.25) is 11.8 Å². The van der Waals surface area contributed by atoms with Crippen molar-refractivity contribution in [2.75, 3.05) is 18.9 Å². The number of aryl methyl sites for hydroxylation is 3. The fourth-order valence-electron chi connectivity index (χ4n) is 2.92. The molecular weight excluding hydrogens is 356 g/mol. The first-order chi connectivity index (χ1) is 12.8. The van der Waals surface area contributed by atoms with Crippen molar-refractivity contribution in [2.24, 2.45) is 0 Å². The van der Waals surface area contributed by atoms with Crippen LogP contribution in [-0.2, 0) is 16.0 Å². The van der Waals surface area contributed by atoms with E-state index in [1.54, 1.807) is 7.05 Å². The van der Waals surface area contributed by atoms with Crippen molar-refractivity contribution >= 4 is 29.3 Å². The Kier molecular flexibility index (Phi) is 7.48. The summed E-state index contributed by atoms with van der Waals surface area (Å²) >= 11 is 1.53. The highest BCUT2D eigenvalue weighted by molar-refractivity contribution is 8.00. The second-order valence-corrected chi connectivity index (χ2v) is 8.16. The van der Waals surface area contributed by atoms with Crippen LogP contribution in [0.3, 0.4) is 0 Å². The summed E-state index contributed by atoms with van der Waals surface area (Å²) in [5, 5.41) is 2.65. The molecule has 144 valence electrons. The highest BCUT2D eigenvalue weighted by Gasteiger charge is 2.21. The minimum Gasteiger partial charge on any atom is -0.335 e. The predicted molar refractivity (Wildman–Crippen MR) is 113 cm³/mol. The molecule has 27 heavy (non-hydrogen) atoms. The number of nitrogens with zero attached hydrogens (tertiary/aromatic N) is 1. The van der Waals surface area contributed by atoms with E-state index in [9.17, 15) is 9.59 Å². The molecule has 0 aliphatic heterocycles. The van der Waals surface area contributed by atoms with E-state index in [1.165, 1.54) is 22.2 Å². The van der Waals surface area contributed by atoms with Crippen LogP contribution < -0.4 is 5.32 Å². The number of amides is 2. The molecule has 0 aliphatic rings. The molecule has 0 aliphatic carbocycles. The molecule has 2 aromatic carbocycles. The number of likely N-dealkylation sites (N-methyl/N-ethyl adjacent to an activating group) is 1. The Morgan fingerprint density at radius 1 is 1.15 bits per heavy atom. The first kappa shape index (κ1) is 21.0. The first-order valence-corrected chi connectivity index (χ1v) is 10.1. The summed E-state index contributed by atoms with van der Waals surface area (Å²) in [6, 6.07) is 13.9. The van der Waals surface area contributed by atoms with E-state index in [2.05, 4.69) is 31.3 Å². The standard InChI is InChI=1S/C22H28N2O2S/c1-6-18-9-7-8-10-19(18)23-21(25)14-24(5)22(26)17(4)27-20-12-11-15(2)13-16(20)3/h7-13,17H,6,14H2,1-5H3,(H,23,25). The minimum absolute atomic E-state index is 0.0364. The molecule has 0 aromatic heterocycles. The van der Waals surface area contributed by atoms with Gasteiger partial charge in [-0.1, -0.05) is 42.8 Å². The Morgan fingerprint density at radius 2 is 1.85 bits per heavy atom. The molecule has 5 heteroatoms. The van der Waals surface area contributed by atoms with Crippen LogP contribution in [0.1, 0.15) is 30.5 Å². The highest BCUT2D eigenvalue weighted by atomic mass is 32.2. The van der Waals surface area contributed by atoms with Gasteiger partial charge in [-0.2, -0.15) is 0 Å². The third kappa shape index (κ3) is 5.86. The maximum Gasteiger partial charge on any atom is 0.243 e. The largest absolute Gasteiger partial charge is 0.335 e. The lowest BCUT2D eigenvalue weighted by Gasteiger charge is -2.21. The number of nitrogens with one attached hydrogen (secondary N) is 1. The van der Waals surface area contributed by atoms with Crippen LogP contribution in [0.25, 0.3) is 0 Å². The maximum atomic E-state index is 12.7. The average Bonchev–Trinajstić information content (AvgIpc) is 2.63. The molecule has 0 bridgehead atoms. The van der Waals surface area contributed by atoms with E-state index >= 15 is 0 Å². The Morgan fingerprint density at radius 3 is 2.52 bits per heavy atom. The van der Waals surface area contributed by atoms with Crippen LogP contribution in [0, 0.1) is 13.8 Å². The van der Waals surface area contributed by atoms with E-state index < -0.39 is 0 Å². The van der Waals surface area contributed by atoms with Gasteiger partial charge in [-0.15, -0.1) is 11.8 Å². The smallest absolute Gasteiger partial charge is 0.243 e. The van der Waals surface area contributed by atoms with E-state index in [-0.39, 0.29) is 23.6 Å². The van der Waals surface area contributed by atoms with E-state index in [1.807, 2.05) is 44.2 Å². The molecule has 1 N–H and O–H groups in total. The molecule has 0 heterocycles. The van der Waals surface area contributed by atoms with Gasteiger partial charge in [0.25, 0.3) is 0 Å². The number of hydrogen-bond acceptors (Lipinski definition) is 3. The van der Waals surface area contributed by atoms with Crippen molar-refractivity contribution in [1.29, 1.82) is 0 Å². The second-order valence-electron chi connectivity index (χ2n) is 6.78. The zero-order valence-electron chi connectivity index (χ0n) is 16.7. The monoisotopic (exact) mass is 384 g/mol. The van der Waals surface area contributed by atoms with E-state index in [0.717, 1.165) is 28.1 Å². The van der Waals surface area contributed by atoms with E-state index in [0.29, 0.717) is 0 Å². The summed E-state index contributed by atoms with van der Waals surface area (Å²) in [6.45, 7) is 8.07. The van der Waals surface area contributed by atoms with E-state index in [4.69, 9.17) is 0 Å². The lowest BCUT2D eigenvalue weighted by molar-refractivity contribution is -0.132. The van der Waals surface area contributed by atoms with Gasteiger partial charge in [-0.3, -0.25) is 9.59 Å². The summed E-state index contributed by atoms with van der Waals surface area (Å²) < 4.78 is 0. The van der Waals surface area contributed by atoms with Crippen LogP contribution in [0.4, 0.5) is 5.69 Å². The van der Waals surface area contributed by atoms with Crippen molar-refractivity contribution in [3.8, 4) is 0 Å². The molecular formula is C22H28N2O2S. The number of rotatable bonds is 7. The second kappa shape index (κ2) is 9.60. The molecule has 0 fully saturated rings.